The molecular weight excluding hydrogens is 194 g/mol. The standard InChI is InChI=1S/C11H13NOS/c1-8(12)11(9(2)13)14-10-6-4-3-5-7-10/h3-7,11-12H,1-2H3. The maximum atomic E-state index is 11.2. The molecule has 74 valence electrons. The molecule has 0 radical (unpaired) electrons. The van der Waals surface area contributed by atoms with Gasteiger partial charge in [-0.1, -0.05) is 18.2 Å². The molecule has 14 heavy (non-hydrogen) atoms. The van der Waals surface area contributed by atoms with Crippen LogP contribution in [0.25, 0.3) is 0 Å². The third-order valence-electron chi connectivity index (χ3n) is 1.76. The maximum Gasteiger partial charge on any atom is 0.148 e. The van der Waals surface area contributed by atoms with E-state index in [1.807, 2.05) is 30.3 Å². The molecule has 1 aromatic carbocycles. The van der Waals surface area contributed by atoms with Gasteiger partial charge in [-0.05, 0) is 26.0 Å². The van der Waals surface area contributed by atoms with Crippen molar-refractivity contribution in [1.82, 2.24) is 0 Å². The molecule has 0 aliphatic rings. The van der Waals surface area contributed by atoms with Gasteiger partial charge >= 0.3 is 0 Å². The summed E-state index contributed by atoms with van der Waals surface area (Å²) in [6.07, 6.45) is 0. The van der Waals surface area contributed by atoms with Crippen LogP contribution in [0.2, 0.25) is 0 Å². The van der Waals surface area contributed by atoms with Gasteiger partial charge in [-0.15, -0.1) is 11.8 Å². The van der Waals surface area contributed by atoms with Crippen LogP contribution in [-0.2, 0) is 4.79 Å². The van der Waals surface area contributed by atoms with Crippen molar-refractivity contribution < 1.29 is 4.79 Å². The number of carbonyl (C=O) groups excluding carboxylic acids is 1. The first-order valence-electron chi connectivity index (χ1n) is 4.38. The van der Waals surface area contributed by atoms with Gasteiger partial charge in [-0.3, -0.25) is 4.79 Å². The highest BCUT2D eigenvalue weighted by Gasteiger charge is 2.17. The Labute approximate surface area is 88.2 Å². The first-order valence-corrected chi connectivity index (χ1v) is 5.26. The Morgan fingerprint density at radius 3 is 2.29 bits per heavy atom. The monoisotopic (exact) mass is 207 g/mol. The molecule has 2 nitrogen and oxygen atoms in total. The molecule has 1 atom stereocenters. The normalized spacial score (nSPS) is 12.1. The molecule has 1 rings (SSSR count). The summed E-state index contributed by atoms with van der Waals surface area (Å²) in [5.74, 6) is 0.0337. The lowest BCUT2D eigenvalue weighted by molar-refractivity contribution is -0.115. The van der Waals surface area contributed by atoms with Crippen molar-refractivity contribution in [1.29, 1.82) is 5.41 Å². The van der Waals surface area contributed by atoms with Crippen LogP contribution >= 0.6 is 11.8 Å². The molecule has 0 fully saturated rings. The number of nitrogens with one attached hydrogen (secondary N) is 1. The van der Waals surface area contributed by atoms with Gasteiger partial charge in [-0.2, -0.15) is 0 Å². The minimum absolute atomic E-state index is 0.0337. The van der Waals surface area contributed by atoms with Crippen LogP contribution in [0.4, 0.5) is 0 Å². The van der Waals surface area contributed by atoms with Crippen LogP contribution in [0.5, 0.6) is 0 Å². The van der Waals surface area contributed by atoms with E-state index < -0.39 is 0 Å². The van der Waals surface area contributed by atoms with Crippen molar-refractivity contribution in [3.8, 4) is 0 Å². The van der Waals surface area contributed by atoms with Crippen molar-refractivity contribution in [3.05, 3.63) is 30.3 Å². The summed E-state index contributed by atoms with van der Waals surface area (Å²) in [6.45, 7) is 3.20. The van der Waals surface area contributed by atoms with Gasteiger partial charge in [0.1, 0.15) is 11.0 Å². The van der Waals surface area contributed by atoms with Crippen molar-refractivity contribution in [2.45, 2.75) is 24.0 Å². The fourth-order valence-electron chi connectivity index (χ4n) is 1.11. The first kappa shape index (κ1) is 11.0. The zero-order chi connectivity index (χ0) is 10.6. The zero-order valence-electron chi connectivity index (χ0n) is 8.28. The van der Waals surface area contributed by atoms with E-state index in [0.717, 1.165) is 4.90 Å². The first-order chi connectivity index (χ1) is 6.61. The van der Waals surface area contributed by atoms with Crippen molar-refractivity contribution in [2.75, 3.05) is 0 Å². The highest BCUT2D eigenvalue weighted by Crippen LogP contribution is 2.24. The van der Waals surface area contributed by atoms with Gasteiger partial charge in [-0.25, -0.2) is 0 Å². The van der Waals surface area contributed by atoms with Gasteiger partial charge in [0.05, 0.1) is 0 Å². The molecule has 0 aliphatic carbocycles. The lowest BCUT2D eigenvalue weighted by Gasteiger charge is -2.11. The molecule has 0 amide bonds. The predicted octanol–water partition coefficient (Wildman–Crippen LogP) is 2.78. The molecule has 1 unspecified atom stereocenters. The highest BCUT2D eigenvalue weighted by molar-refractivity contribution is 8.01. The summed E-state index contributed by atoms with van der Waals surface area (Å²) in [5, 5.41) is 7.15. The molecule has 0 spiro atoms. The van der Waals surface area contributed by atoms with Crippen LogP contribution in [0, 0.1) is 5.41 Å². The molecule has 1 N–H and O–H groups in total. The van der Waals surface area contributed by atoms with Crippen LogP contribution in [0.3, 0.4) is 0 Å². The quantitative estimate of drug-likeness (QED) is 0.609. The molecule has 0 saturated heterocycles. The Bertz CT molecular complexity index is 320. The summed E-state index contributed by atoms with van der Waals surface area (Å²) < 4.78 is 0. The molecule has 0 aromatic heterocycles. The van der Waals surface area contributed by atoms with Gasteiger partial charge in [0.2, 0.25) is 0 Å². The summed E-state index contributed by atoms with van der Waals surface area (Å²) in [7, 11) is 0. The van der Waals surface area contributed by atoms with Crippen LogP contribution in [0.15, 0.2) is 35.2 Å². The summed E-state index contributed by atoms with van der Waals surface area (Å²) >= 11 is 1.43. The second-order valence-corrected chi connectivity index (χ2v) is 4.28. The van der Waals surface area contributed by atoms with Crippen molar-refractivity contribution >= 4 is 23.3 Å². The van der Waals surface area contributed by atoms with Gasteiger partial charge in [0, 0.05) is 10.6 Å². The Hall–Kier alpha value is -1.09. The van der Waals surface area contributed by atoms with Crippen molar-refractivity contribution in [2.24, 2.45) is 0 Å². The van der Waals surface area contributed by atoms with Crippen molar-refractivity contribution in [3.63, 3.8) is 0 Å². The minimum Gasteiger partial charge on any atom is -0.308 e. The smallest absolute Gasteiger partial charge is 0.148 e. The Morgan fingerprint density at radius 2 is 1.86 bits per heavy atom. The second-order valence-electron chi connectivity index (χ2n) is 3.10. The average Bonchev–Trinajstić information content (AvgIpc) is 2.15. The van der Waals surface area contributed by atoms with Crippen LogP contribution in [0.1, 0.15) is 13.8 Å². The summed E-state index contributed by atoms with van der Waals surface area (Å²) in [6, 6.07) is 9.69. The number of thioether (sulfide) groups is 1. The number of ketones is 1. The van der Waals surface area contributed by atoms with E-state index in [0.29, 0.717) is 5.71 Å². The molecule has 0 aliphatic heterocycles. The number of rotatable bonds is 4. The molecular formula is C11H13NOS. The minimum atomic E-state index is -0.336. The third kappa shape index (κ3) is 3.00. The van der Waals surface area contributed by atoms with Gasteiger partial charge in [0.15, 0.2) is 0 Å². The number of Topliss-reactive ketones (excluding diaryl/α,β-unsaturated/α-hetero) is 1. The second kappa shape index (κ2) is 4.96. The van der Waals surface area contributed by atoms with E-state index in [-0.39, 0.29) is 11.0 Å². The Morgan fingerprint density at radius 1 is 1.29 bits per heavy atom. The Kier molecular flexibility index (Phi) is 3.89. The van der Waals surface area contributed by atoms with Crippen LogP contribution < -0.4 is 0 Å². The van der Waals surface area contributed by atoms with E-state index in [9.17, 15) is 4.79 Å². The average molecular weight is 207 g/mol. The molecule has 0 saturated carbocycles. The molecule has 3 heteroatoms. The van der Waals surface area contributed by atoms with E-state index in [1.165, 1.54) is 18.7 Å². The zero-order valence-corrected chi connectivity index (χ0v) is 9.10. The lowest BCUT2D eigenvalue weighted by atomic mass is 10.2. The fourth-order valence-corrected chi connectivity index (χ4v) is 2.04. The van der Waals surface area contributed by atoms with E-state index in [4.69, 9.17) is 5.41 Å². The van der Waals surface area contributed by atoms with Gasteiger partial charge < -0.3 is 5.41 Å². The Balaban J connectivity index is 2.75. The van der Waals surface area contributed by atoms with E-state index in [2.05, 4.69) is 0 Å². The van der Waals surface area contributed by atoms with Gasteiger partial charge in [0.25, 0.3) is 0 Å². The highest BCUT2D eigenvalue weighted by atomic mass is 32.2. The molecule has 1 aromatic rings. The topological polar surface area (TPSA) is 40.9 Å². The van der Waals surface area contributed by atoms with E-state index >= 15 is 0 Å². The summed E-state index contributed by atoms with van der Waals surface area (Å²) in [4.78, 5) is 12.3. The van der Waals surface area contributed by atoms with E-state index in [1.54, 1.807) is 6.92 Å². The lowest BCUT2D eigenvalue weighted by Crippen LogP contribution is -2.21. The SMILES string of the molecule is CC(=N)C(Sc1ccccc1)C(C)=O. The largest absolute Gasteiger partial charge is 0.308 e. The maximum absolute atomic E-state index is 11.2. The predicted molar refractivity (Wildman–Crippen MR) is 60.2 cm³/mol. The number of carbonyl (C=O) groups is 1. The number of benzene rings is 1. The molecule has 0 heterocycles. The summed E-state index contributed by atoms with van der Waals surface area (Å²) in [5.41, 5.74) is 0.409. The fraction of sp³-hybridized carbons (Fsp3) is 0.273. The number of hydrogen-bond donors (Lipinski definition) is 1. The third-order valence-corrected chi connectivity index (χ3v) is 3.23. The number of hydrogen-bond acceptors (Lipinski definition) is 3. The van der Waals surface area contributed by atoms with Crippen LogP contribution in [-0.4, -0.2) is 16.7 Å². The molecule has 0 bridgehead atoms.